The second-order valence-electron chi connectivity index (χ2n) is 4.20. The predicted octanol–water partition coefficient (Wildman–Crippen LogP) is 2.63. The molecule has 0 saturated carbocycles. The summed E-state index contributed by atoms with van der Waals surface area (Å²) in [7, 11) is 1.73. The predicted molar refractivity (Wildman–Crippen MR) is 79.9 cm³/mol. The maximum Gasteiger partial charge on any atom is 0.231 e. The van der Waals surface area contributed by atoms with Crippen molar-refractivity contribution in [1.82, 2.24) is 4.98 Å². The number of rotatable bonds is 3. The van der Waals surface area contributed by atoms with Crippen LogP contribution < -0.4 is 10.6 Å². The summed E-state index contributed by atoms with van der Waals surface area (Å²) >= 11 is 3.37. The van der Waals surface area contributed by atoms with E-state index >= 15 is 0 Å². The molecular weight excluding hydrogens is 306 g/mol. The van der Waals surface area contributed by atoms with Crippen LogP contribution in [0.3, 0.4) is 0 Å². The van der Waals surface area contributed by atoms with Gasteiger partial charge in [0, 0.05) is 11.5 Å². The van der Waals surface area contributed by atoms with Gasteiger partial charge in [0.05, 0.1) is 18.3 Å². The number of benzene rings is 1. The molecule has 19 heavy (non-hydrogen) atoms. The average Bonchev–Trinajstić information content (AvgIpc) is 2.41. The van der Waals surface area contributed by atoms with Gasteiger partial charge in [-0.15, -0.1) is 0 Å². The van der Waals surface area contributed by atoms with Crippen molar-refractivity contribution in [2.75, 3.05) is 17.7 Å². The van der Waals surface area contributed by atoms with Crippen LogP contribution in [0.1, 0.15) is 5.56 Å². The first-order valence-electron chi connectivity index (χ1n) is 5.79. The van der Waals surface area contributed by atoms with Gasteiger partial charge in [-0.05, 0) is 29.8 Å². The topological polar surface area (TPSA) is 59.2 Å². The third kappa shape index (κ3) is 3.54. The number of nitrogens with zero attached hydrogens (tertiary/aromatic N) is 2. The van der Waals surface area contributed by atoms with Crippen LogP contribution in [-0.4, -0.2) is 17.9 Å². The van der Waals surface area contributed by atoms with Gasteiger partial charge in [-0.1, -0.05) is 28.1 Å². The minimum atomic E-state index is 0.00824. The zero-order valence-electron chi connectivity index (χ0n) is 10.5. The number of carbonyl (C=O) groups excluding carboxylic acids is 1. The fourth-order valence-corrected chi connectivity index (χ4v) is 1.90. The smallest absolute Gasteiger partial charge is 0.231 e. The first-order valence-corrected chi connectivity index (χ1v) is 6.58. The summed E-state index contributed by atoms with van der Waals surface area (Å²) in [6, 6.07) is 11.2. The standard InChI is InChI=1S/C14H14BrN3O/c1-18(12-6-7-13(16)17-9-12)14(19)8-10-2-4-11(15)5-3-10/h2-7,9H,8H2,1H3,(H2,16,17). The van der Waals surface area contributed by atoms with E-state index in [9.17, 15) is 4.79 Å². The van der Waals surface area contributed by atoms with Crippen molar-refractivity contribution in [2.24, 2.45) is 0 Å². The van der Waals surface area contributed by atoms with E-state index in [0.717, 1.165) is 15.7 Å². The van der Waals surface area contributed by atoms with Crippen LogP contribution in [0.25, 0.3) is 0 Å². The summed E-state index contributed by atoms with van der Waals surface area (Å²) in [4.78, 5) is 17.7. The largest absolute Gasteiger partial charge is 0.384 e. The number of amides is 1. The lowest BCUT2D eigenvalue weighted by molar-refractivity contribution is -0.117. The molecule has 1 aromatic heterocycles. The molecule has 0 fully saturated rings. The highest BCUT2D eigenvalue weighted by Crippen LogP contribution is 2.15. The molecule has 5 heteroatoms. The molecule has 98 valence electrons. The Balaban J connectivity index is 2.07. The molecule has 0 aliphatic carbocycles. The Labute approximate surface area is 120 Å². The van der Waals surface area contributed by atoms with Crippen molar-refractivity contribution in [3.05, 3.63) is 52.6 Å². The van der Waals surface area contributed by atoms with Gasteiger partial charge in [0.25, 0.3) is 0 Å². The molecule has 0 atom stereocenters. The monoisotopic (exact) mass is 319 g/mol. The van der Waals surface area contributed by atoms with Crippen molar-refractivity contribution in [3.8, 4) is 0 Å². The van der Waals surface area contributed by atoms with Gasteiger partial charge >= 0.3 is 0 Å². The summed E-state index contributed by atoms with van der Waals surface area (Å²) in [5, 5.41) is 0. The lowest BCUT2D eigenvalue weighted by atomic mass is 10.1. The average molecular weight is 320 g/mol. The van der Waals surface area contributed by atoms with Crippen LogP contribution in [0.15, 0.2) is 47.1 Å². The van der Waals surface area contributed by atoms with Crippen LogP contribution in [0.2, 0.25) is 0 Å². The fraction of sp³-hybridized carbons (Fsp3) is 0.143. The van der Waals surface area contributed by atoms with Crippen LogP contribution in [-0.2, 0) is 11.2 Å². The minimum Gasteiger partial charge on any atom is -0.384 e. The van der Waals surface area contributed by atoms with Gasteiger partial charge in [0.2, 0.25) is 5.91 Å². The molecule has 2 aromatic rings. The lowest BCUT2D eigenvalue weighted by Crippen LogP contribution is -2.27. The first-order chi connectivity index (χ1) is 9.06. The maximum absolute atomic E-state index is 12.1. The van der Waals surface area contributed by atoms with Crippen molar-refractivity contribution in [2.45, 2.75) is 6.42 Å². The SMILES string of the molecule is CN(C(=O)Cc1ccc(Br)cc1)c1ccc(N)nc1. The highest BCUT2D eigenvalue weighted by Gasteiger charge is 2.11. The van der Waals surface area contributed by atoms with Crippen LogP contribution >= 0.6 is 15.9 Å². The number of nitrogen functional groups attached to an aromatic ring is 1. The molecule has 0 aliphatic rings. The summed E-state index contributed by atoms with van der Waals surface area (Å²) in [5.74, 6) is 0.450. The van der Waals surface area contributed by atoms with E-state index in [1.165, 1.54) is 0 Å². The number of carbonyl (C=O) groups is 1. The maximum atomic E-state index is 12.1. The number of hydrogen-bond donors (Lipinski definition) is 1. The number of aromatic nitrogens is 1. The van der Waals surface area contributed by atoms with E-state index in [4.69, 9.17) is 5.73 Å². The highest BCUT2D eigenvalue weighted by molar-refractivity contribution is 9.10. The van der Waals surface area contributed by atoms with E-state index in [1.54, 1.807) is 30.3 Å². The molecular formula is C14H14BrN3O. The third-order valence-electron chi connectivity index (χ3n) is 2.80. The van der Waals surface area contributed by atoms with Crippen molar-refractivity contribution in [3.63, 3.8) is 0 Å². The number of hydrogen-bond acceptors (Lipinski definition) is 3. The third-order valence-corrected chi connectivity index (χ3v) is 3.33. The Morgan fingerprint density at radius 1 is 1.26 bits per heavy atom. The normalized spacial score (nSPS) is 10.2. The number of likely N-dealkylation sites (N-methyl/N-ethyl adjacent to an activating group) is 1. The van der Waals surface area contributed by atoms with Gasteiger partial charge in [0.15, 0.2) is 0 Å². The van der Waals surface area contributed by atoms with Crippen LogP contribution in [0, 0.1) is 0 Å². The molecule has 1 amide bonds. The molecule has 2 N–H and O–H groups in total. The molecule has 0 spiro atoms. The number of anilines is 2. The van der Waals surface area contributed by atoms with Gasteiger partial charge in [-0.25, -0.2) is 4.98 Å². The Bertz CT molecular complexity index is 566. The lowest BCUT2D eigenvalue weighted by Gasteiger charge is -2.17. The summed E-state index contributed by atoms with van der Waals surface area (Å²) in [6.07, 6.45) is 1.95. The molecule has 0 aliphatic heterocycles. The van der Waals surface area contributed by atoms with Crippen LogP contribution in [0.5, 0.6) is 0 Å². The Morgan fingerprint density at radius 3 is 2.53 bits per heavy atom. The molecule has 0 radical (unpaired) electrons. The Kier molecular flexibility index (Phi) is 4.16. The van der Waals surface area contributed by atoms with Gasteiger partial charge in [-0.3, -0.25) is 4.79 Å². The number of halogens is 1. The molecule has 0 unspecified atom stereocenters. The molecule has 0 saturated heterocycles. The Hall–Kier alpha value is -1.88. The van der Waals surface area contributed by atoms with Gasteiger partial charge < -0.3 is 10.6 Å². The fourth-order valence-electron chi connectivity index (χ4n) is 1.64. The molecule has 4 nitrogen and oxygen atoms in total. The molecule has 2 rings (SSSR count). The zero-order valence-corrected chi connectivity index (χ0v) is 12.1. The molecule has 1 aromatic carbocycles. The van der Waals surface area contributed by atoms with E-state index in [-0.39, 0.29) is 5.91 Å². The first kappa shape index (κ1) is 13.5. The van der Waals surface area contributed by atoms with Gasteiger partial charge in [0.1, 0.15) is 5.82 Å². The number of nitrogens with two attached hydrogens (primary N) is 1. The second kappa shape index (κ2) is 5.84. The minimum absolute atomic E-state index is 0.00824. The Morgan fingerprint density at radius 2 is 1.95 bits per heavy atom. The summed E-state index contributed by atoms with van der Waals surface area (Å²) in [6.45, 7) is 0. The summed E-state index contributed by atoms with van der Waals surface area (Å²) < 4.78 is 1.000. The molecule has 1 heterocycles. The van der Waals surface area contributed by atoms with Crippen molar-refractivity contribution in [1.29, 1.82) is 0 Å². The van der Waals surface area contributed by atoms with Crippen molar-refractivity contribution < 1.29 is 4.79 Å². The van der Waals surface area contributed by atoms with Crippen LogP contribution in [0.4, 0.5) is 11.5 Å². The van der Waals surface area contributed by atoms with E-state index in [0.29, 0.717) is 12.2 Å². The highest BCUT2D eigenvalue weighted by atomic mass is 79.9. The van der Waals surface area contributed by atoms with E-state index < -0.39 is 0 Å². The quantitative estimate of drug-likeness (QED) is 0.946. The van der Waals surface area contributed by atoms with Crippen molar-refractivity contribution >= 4 is 33.3 Å². The zero-order chi connectivity index (χ0) is 13.8. The number of pyridine rings is 1. The molecule has 0 bridgehead atoms. The van der Waals surface area contributed by atoms with Gasteiger partial charge in [-0.2, -0.15) is 0 Å². The van der Waals surface area contributed by atoms with E-state index in [1.807, 2.05) is 24.3 Å². The second-order valence-corrected chi connectivity index (χ2v) is 5.11. The van der Waals surface area contributed by atoms with E-state index in [2.05, 4.69) is 20.9 Å². The summed E-state index contributed by atoms with van der Waals surface area (Å²) in [5.41, 5.74) is 7.23.